The Morgan fingerprint density at radius 1 is 1.46 bits per heavy atom. The van der Waals surface area contributed by atoms with Gasteiger partial charge in [-0.25, -0.2) is 0 Å². The van der Waals surface area contributed by atoms with Crippen molar-refractivity contribution in [1.29, 1.82) is 0 Å². The van der Waals surface area contributed by atoms with Crippen molar-refractivity contribution >= 4 is 38.7 Å². The molecule has 0 aliphatic rings. The minimum Gasteiger partial charge on any atom is -0.487 e. The average molecular weight is 214 g/mol. The molecule has 0 unspecified atom stereocenters. The zero-order valence-electron chi connectivity index (χ0n) is 7.00. The van der Waals surface area contributed by atoms with Gasteiger partial charge in [-0.1, -0.05) is 22.9 Å². The quantitative estimate of drug-likeness (QED) is 0.739. The van der Waals surface area contributed by atoms with Crippen molar-refractivity contribution in [3.8, 4) is 5.06 Å². The SMILES string of the molecule is COc1cc2c(Cl)c(N)ccc2s1. The van der Waals surface area contributed by atoms with Gasteiger partial charge in [0.25, 0.3) is 0 Å². The molecule has 2 N–H and O–H groups in total. The molecule has 2 aromatic rings. The van der Waals surface area contributed by atoms with Crippen LogP contribution in [-0.4, -0.2) is 7.11 Å². The zero-order chi connectivity index (χ0) is 9.42. The molecule has 4 heteroatoms. The van der Waals surface area contributed by atoms with Crippen molar-refractivity contribution in [1.82, 2.24) is 0 Å². The lowest BCUT2D eigenvalue weighted by molar-refractivity contribution is 0.427. The molecule has 1 aromatic carbocycles. The van der Waals surface area contributed by atoms with Gasteiger partial charge in [-0.3, -0.25) is 0 Å². The molecule has 0 amide bonds. The van der Waals surface area contributed by atoms with E-state index in [0.717, 1.165) is 15.1 Å². The summed E-state index contributed by atoms with van der Waals surface area (Å²) >= 11 is 7.58. The number of nitrogens with two attached hydrogens (primary N) is 1. The number of ether oxygens (including phenoxy) is 1. The first kappa shape index (κ1) is 8.66. The first-order valence-corrected chi connectivity index (χ1v) is 4.93. The second-order valence-corrected chi connectivity index (χ2v) is 4.07. The van der Waals surface area contributed by atoms with E-state index in [1.54, 1.807) is 24.5 Å². The van der Waals surface area contributed by atoms with E-state index < -0.39 is 0 Å². The van der Waals surface area contributed by atoms with Crippen LogP contribution in [0.15, 0.2) is 18.2 Å². The predicted octanol–water partition coefficient (Wildman–Crippen LogP) is 3.15. The topological polar surface area (TPSA) is 35.2 Å². The smallest absolute Gasteiger partial charge is 0.174 e. The van der Waals surface area contributed by atoms with E-state index in [4.69, 9.17) is 22.1 Å². The van der Waals surface area contributed by atoms with E-state index in [1.807, 2.05) is 12.1 Å². The Hall–Kier alpha value is -0.930. The van der Waals surface area contributed by atoms with E-state index in [2.05, 4.69) is 0 Å². The molecule has 2 rings (SSSR count). The molecule has 1 heterocycles. The number of benzene rings is 1. The molecule has 0 aliphatic heterocycles. The van der Waals surface area contributed by atoms with Crippen molar-refractivity contribution in [3.63, 3.8) is 0 Å². The third kappa shape index (κ3) is 1.34. The van der Waals surface area contributed by atoms with Crippen molar-refractivity contribution in [2.24, 2.45) is 0 Å². The maximum Gasteiger partial charge on any atom is 0.174 e. The van der Waals surface area contributed by atoms with Crippen LogP contribution in [0.1, 0.15) is 0 Å². The molecule has 0 radical (unpaired) electrons. The van der Waals surface area contributed by atoms with Gasteiger partial charge in [0.2, 0.25) is 0 Å². The normalized spacial score (nSPS) is 10.6. The van der Waals surface area contributed by atoms with E-state index >= 15 is 0 Å². The lowest BCUT2D eigenvalue weighted by Crippen LogP contribution is -1.84. The Morgan fingerprint density at radius 2 is 2.23 bits per heavy atom. The molecule has 68 valence electrons. The number of halogens is 1. The molecular formula is C9H8ClNOS. The molecule has 0 bridgehead atoms. The summed E-state index contributed by atoms with van der Waals surface area (Å²) in [5.74, 6) is 0. The second-order valence-electron chi connectivity index (χ2n) is 2.65. The van der Waals surface area contributed by atoms with Gasteiger partial charge < -0.3 is 10.5 Å². The van der Waals surface area contributed by atoms with E-state index in [9.17, 15) is 0 Å². The summed E-state index contributed by atoms with van der Waals surface area (Å²) in [6, 6.07) is 5.66. The number of nitrogen functional groups attached to an aromatic ring is 1. The average Bonchev–Trinajstić information content (AvgIpc) is 2.55. The first-order chi connectivity index (χ1) is 6.22. The van der Waals surface area contributed by atoms with Crippen LogP contribution >= 0.6 is 22.9 Å². The number of hydrogen-bond acceptors (Lipinski definition) is 3. The fraction of sp³-hybridized carbons (Fsp3) is 0.111. The van der Waals surface area contributed by atoms with E-state index in [-0.39, 0.29) is 0 Å². The minimum atomic E-state index is 0.606. The molecule has 13 heavy (non-hydrogen) atoms. The molecule has 0 saturated heterocycles. The predicted molar refractivity (Wildman–Crippen MR) is 57.8 cm³/mol. The highest BCUT2D eigenvalue weighted by molar-refractivity contribution is 7.20. The molecule has 0 atom stereocenters. The Kier molecular flexibility index (Phi) is 2.06. The third-order valence-electron chi connectivity index (χ3n) is 1.84. The van der Waals surface area contributed by atoms with Gasteiger partial charge in [0.15, 0.2) is 5.06 Å². The standard InChI is InChI=1S/C9H8ClNOS/c1-12-8-4-5-7(13-8)3-2-6(11)9(5)10/h2-4H,11H2,1H3. The Morgan fingerprint density at radius 3 is 2.92 bits per heavy atom. The first-order valence-electron chi connectivity index (χ1n) is 3.74. The Balaban J connectivity index is 2.76. The van der Waals surface area contributed by atoms with Crippen molar-refractivity contribution in [2.75, 3.05) is 12.8 Å². The van der Waals surface area contributed by atoms with Gasteiger partial charge in [-0.05, 0) is 12.1 Å². The maximum atomic E-state index is 6.02. The fourth-order valence-corrected chi connectivity index (χ4v) is 2.33. The van der Waals surface area contributed by atoms with E-state index in [0.29, 0.717) is 10.7 Å². The van der Waals surface area contributed by atoms with Gasteiger partial charge in [-0.15, -0.1) is 0 Å². The summed E-state index contributed by atoms with van der Waals surface area (Å²) < 4.78 is 6.21. The zero-order valence-corrected chi connectivity index (χ0v) is 8.58. The highest BCUT2D eigenvalue weighted by Crippen LogP contribution is 2.37. The number of thiophene rings is 1. The van der Waals surface area contributed by atoms with Crippen molar-refractivity contribution < 1.29 is 4.74 Å². The van der Waals surface area contributed by atoms with Gasteiger partial charge in [-0.2, -0.15) is 0 Å². The molecular weight excluding hydrogens is 206 g/mol. The number of fused-ring (bicyclic) bond motifs is 1. The van der Waals surface area contributed by atoms with Gasteiger partial charge in [0.1, 0.15) is 0 Å². The molecule has 1 aromatic heterocycles. The molecule has 0 fully saturated rings. The van der Waals surface area contributed by atoms with Gasteiger partial charge in [0, 0.05) is 16.2 Å². The summed E-state index contributed by atoms with van der Waals surface area (Å²) in [6.45, 7) is 0. The molecule has 0 spiro atoms. The number of rotatable bonds is 1. The largest absolute Gasteiger partial charge is 0.487 e. The van der Waals surface area contributed by atoms with Crippen molar-refractivity contribution in [3.05, 3.63) is 23.2 Å². The molecule has 0 aliphatic carbocycles. The lowest BCUT2D eigenvalue weighted by Gasteiger charge is -1.96. The Labute approximate surface area is 84.9 Å². The van der Waals surface area contributed by atoms with Gasteiger partial charge in [0.05, 0.1) is 17.8 Å². The van der Waals surface area contributed by atoms with Crippen molar-refractivity contribution in [2.45, 2.75) is 0 Å². The fourth-order valence-electron chi connectivity index (χ4n) is 1.17. The van der Waals surface area contributed by atoms with Crippen LogP contribution in [0, 0.1) is 0 Å². The highest BCUT2D eigenvalue weighted by Gasteiger charge is 2.07. The van der Waals surface area contributed by atoms with E-state index in [1.165, 1.54) is 0 Å². The Bertz CT molecular complexity index is 452. The summed E-state index contributed by atoms with van der Waals surface area (Å²) in [5.41, 5.74) is 6.27. The van der Waals surface area contributed by atoms with Crippen LogP contribution in [0.25, 0.3) is 10.1 Å². The van der Waals surface area contributed by atoms with Crippen LogP contribution in [-0.2, 0) is 0 Å². The number of hydrogen-bond donors (Lipinski definition) is 1. The summed E-state index contributed by atoms with van der Waals surface area (Å²) in [6.07, 6.45) is 0. The minimum absolute atomic E-state index is 0.606. The second kappa shape index (κ2) is 3.09. The van der Waals surface area contributed by atoms with Crippen LogP contribution in [0.2, 0.25) is 5.02 Å². The van der Waals surface area contributed by atoms with Crippen LogP contribution in [0.3, 0.4) is 0 Å². The van der Waals surface area contributed by atoms with Gasteiger partial charge >= 0.3 is 0 Å². The third-order valence-corrected chi connectivity index (χ3v) is 3.33. The maximum absolute atomic E-state index is 6.02. The lowest BCUT2D eigenvalue weighted by atomic mass is 10.2. The summed E-state index contributed by atoms with van der Waals surface area (Å²) in [7, 11) is 1.64. The summed E-state index contributed by atoms with van der Waals surface area (Å²) in [5, 5.41) is 2.42. The van der Waals surface area contributed by atoms with Crippen LogP contribution in [0.4, 0.5) is 5.69 Å². The number of anilines is 1. The molecule has 0 saturated carbocycles. The number of methoxy groups -OCH3 is 1. The highest BCUT2D eigenvalue weighted by atomic mass is 35.5. The summed E-state index contributed by atoms with van der Waals surface area (Å²) in [4.78, 5) is 0. The molecule has 2 nitrogen and oxygen atoms in total. The monoisotopic (exact) mass is 213 g/mol. The van der Waals surface area contributed by atoms with Crippen LogP contribution in [0.5, 0.6) is 5.06 Å². The van der Waals surface area contributed by atoms with Crippen LogP contribution < -0.4 is 10.5 Å².